The van der Waals surface area contributed by atoms with Crippen molar-refractivity contribution >= 4 is 62.9 Å². The highest BCUT2D eigenvalue weighted by atomic mass is 31.2. The van der Waals surface area contributed by atoms with Crippen LogP contribution in [0.2, 0.25) is 0 Å². The SMILES string of the molecule is O=P(O)(O)C(Cc1ccc(P(c2ccccc2)c2ccccc2)cc1)(Cc1ccc(P(c2ccccc2)c2ccccc2)cc1)P(=O)(O)O. The van der Waals surface area contributed by atoms with Gasteiger partial charge in [-0.05, 0) is 58.8 Å². The third kappa shape index (κ3) is 7.95. The van der Waals surface area contributed by atoms with E-state index >= 15 is 0 Å². The predicted molar refractivity (Wildman–Crippen MR) is 205 cm³/mol. The zero-order chi connectivity index (χ0) is 34.5. The Balaban J connectivity index is 1.33. The molecule has 0 heterocycles. The van der Waals surface area contributed by atoms with Crippen LogP contribution < -0.4 is 31.8 Å². The van der Waals surface area contributed by atoms with Gasteiger partial charge in [-0.2, -0.15) is 0 Å². The van der Waals surface area contributed by atoms with Crippen molar-refractivity contribution in [1.82, 2.24) is 0 Å². The Kier molecular flexibility index (Phi) is 10.9. The van der Waals surface area contributed by atoms with Crippen LogP contribution in [0.5, 0.6) is 0 Å². The standard InChI is InChI=1S/C39H36O6P4/c40-48(41,42)39(49(43,44)45,29-31-21-25-37(26-22-31)46(33-13-5-1-6-14-33)34-15-7-2-8-16-34)30-32-23-27-38(28-24-32)47(35-17-9-3-10-18-35)36-19-11-4-12-20-36/h1-28H,29-30H2,(H2,40,41,42)(H2,43,44,45). The molecule has 0 amide bonds. The first kappa shape index (κ1) is 35.3. The molecule has 0 aliphatic carbocycles. The zero-order valence-electron chi connectivity index (χ0n) is 26.5. The van der Waals surface area contributed by atoms with Crippen LogP contribution >= 0.6 is 31.0 Å². The third-order valence-corrected chi connectivity index (χ3v) is 17.8. The molecule has 6 rings (SSSR count). The summed E-state index contributed by atoms with van der Waals surface area (Å²) in [6.45, 7) is 0. The lowest BCUT2D eigenvalue weighted by Gasteiger charge is -2.35. The summed E-state index contributed by atoms with van der Waals surface area (Å²) in [4.78, 5) is 40.1. The smallest absolute Gasteiger partial charge is 0.324 e. The van der Waals surface area contributed by atoms with E-state index in [1.165, 1.54) is 0 Å². The van der Waals surface area contributed by atoms with Crippen molar-refractivity contribution in [2.75, 3.05) is 0 Å². The van der Waals surface area contributed by atoms with Crippen LogP contribution in [-0.4, -0.2) is 24.5 Å². The molecule has 0 aromatic heterocycles. The van der Waals surface area contributed by atoms with Crippen molar-refractivity contribution in [2.45, 2.75) is 17.7 Å². The maximum absolute atomic E-state index is 13.2. The van der Waals surface area contributed by atoms with Crippen molar-refractivity contribution < 1.29 is 28.7 Å². The van der Waals surface area contributed by atoms with Crippen molar-refractivity contribution in [1.29, 1.82) is 0 Å². The van der Waals surface area contributed by atoms with Gasteiger partial charge in [-0.1, -0.05) is 170 Å². The molecule has 6 aromatic carbocycles. The number of benzene rings is 6. The van der Waals surface area contributed by atoms with E-state index in [4.69, 9.17) is 0 Å². The lowest BCUT2D eigenvalue weighted by atomic mass is 10.0. The second-order valence-electron chi connectivity index (χ2n) is 11.8. The topological polar surface area (TPSA) is 115 Å². The maximum atomic E-state index is 13.2. The van der Waals surface area contributed by atoms with Gasteiger partial charge in [-0.25, -0.2) is 0 Å². The van der Waals surface area contributed by atoms with Gasteiger partial charge in [0.05, 0.1) is 0 Å². The summed E-state index contributed by atoms with van der Waals surface area (Å²) in [5.41, 5.74) is 0.861. The van der Waals surface area contributed by atoms with Gasteiger partial charge in [-0.3, -0.25) is 9.13 Å². The van der Waals surface area contributed by atoms with Gasteiger partial charge in [-0.15, -0.1) is 0 Å². The van der Waals surface area contributed by atoms with Gasteiger partial charge in [0.1, 0.15) is 0 Å². The molecule has 0 fully saturated rings. The first-order valence-corrected chi connectivity index (χ1v) is 21.6. The van der Waals surface area contributed by atoms with E-state index in [1.54, 1.807) is 24.3 Å². The second-order valence-corrected chi connectivity index (χ2v) is 20.5. The van der Waals surface area contributed by atoms with Crippen molar-refractivity contribution in [2.24, 2.45) is 0 Å². The molecule has 0 saturated heterocycles. The molecule has 0 radical (unpaired) electrons. The van der Waals surface area contributed by atoms with Crippen LogP contribution in [0.3, 0.4) is 0 Å². The quantitative estimate of drug-likeness (QED) is 0.115. The fraction of sp³-hybridized carbons (Fsp3) is 0.0769. The normalized spacial score (nSPS) is 12.4. The number of hydrogen-bond acceptors (Lipinski definition) is 2. The Morgan fingerprint density at radius 2 is 0.592 bits per heavy atom. The number of hydrogen-bond donors (Lipinski definition) is 4. The molecule has 248 valence electrons. The molecule has 0 saturated carbocycles. The summed E-state index contributed by atoms with van der Waals surface area (Å²) in [5, 5.41) is 6.59. The Morgan fingerprint density at radius 1 is 0.367 bits per heavy atom. The van der Waals surface area contributed by atoms with Gasteiger partial charge in [0.15, 0.2) is 4.90 Å². The van der Waals surface area contributed by atoms with Gasteiger partial charge in [0, 0.05) is 12.8 Å². The third-order valence-electron chi connectivity index (χ3n) is 8.51. The molecule has 0 spiro atoms. The van der Waals surface area contributed by atoms with Crippen LogP contribution in [0.15, 0.2) is 170 Å². The Hall–Kier alpha value is -3.52. The summed E-state index contributed by atoms with van der Waals surface area (Å²) >= 11 is 0. The molecular formula is C39H36O6P4. The van der Waals surface area contributed by atoms with Crippen LogP contribution in [0, 0.1) is 0 Å². The first-order valence-electron chi connectivity index (χ1n) is 15.7. The van der Waals surface area contributed by atoms with E-state index in [0.717, 1.165) is 31.8 Å². The average Bonchev–Trinajstić information content (AvgIpc) is 3.11. The molecule has 10 heteroatoms. The minimum Gasteiger partial charge on any atom is -0.324 e. The lowest BCUT2D eigenvalue weighted by Crippen LogP contribution is -2.34. The summed E-state index contributed by atoms with van der Waals surface area (Å²) in [6, 6.07) is 54.9. The Bertz CT molecular complexity index is 1820. The van der Waals surface area contributed by atoms with Gasteiger partial charge in [0.25, 0.3) is 0 Å². The number of rotatable bonds is 12. The first-order chi connectivity index (χ1) is 23.6. The highest BCUT2D eigenvalue weighted by Gasteiger charge is 2.59. The molecule has 0 aliphatic rings. The van der Waals surface area contributed by atoms with E-state index in [2.05, 4.69) is 48.5 Å². The lowest BCUT2D eigenvalue weighted by molar-refractivity contribution is 0.304. The van der Waals surface area contributed by atoms with Crippen LogP contribution in [0.25, 0.3) is 0 Å². The maximum Gasteiger partial charge on any atom is 0.344 e. The van der Waals surface area contributed by atoms with Crippen LogP contribution in [-0.2, 0) is 22.0 Å². The molecule has 0 aliphatic heterocycles. The minimum atomic E-state index is -5.37. The summed E-state index contributed by atoms with van der Waals surface area (Å²) < 4.78 is 26.4. The second kappa shape index (κ2) is 15.2. The van der Waals surface area contributed by atoms with Gasteiger partial charge in [0.2, 0.25) is 0 Å². The molecule has 0 unspecified atom stereocenters. The highest BCUT2D eigenvalue weighted by molar-refractivity contribution is 7.80. The van der Waals surface area contributed by atoms with E-state index in [1.807, 2.05) is 97.1 Å². The molecular weight excluding hydrogens is 688 g/mol. The summed E-state index contributed by atoms with van der Waals surface area (Å²) in [7, 11) is -12.6. The van der Waals surface area contributed by atoms with Crippen molar-refractivity contribution in [3.8, 4) is 0 Å². The van der Waals surface area contributed by atoms with Gasteiger partial charge < -0.3 is 19.6 Å². The average molecular weight is 725 g/mol. The Morgan fingerprint density at radius 3 is 0.816 bits per heavy atom. The van der Waals surface area contributed by atoms with Crippen molar-refractivity contribution in [3.63, 3.8) is 0 Å². The molecule has 6 nitrogen and oxygen atoms in total. The highest BCUT2D eigenvalue weighted by Crippen LogP contribution is 2.71. The molecule has 4 N–H and O–H groups in total. The summed E-state index contributed by atoms with van der Waals surface area (Å²) in [6.07, 6.45) is -1.00. The molecule has 0 atom stereocenters. The zero-order valence-corrected chi connectivity index (χ0v) is 30.1. The van der Waals surface area contributed by atoms with E-state index < -0.39 is 48.8 Å². The monoisotopic (exact) mass is 724 g/mol. The molecule has 0 bridgehead atoms. The predicted octanol–water partition coefficient (Wildman–Crippen LogP) is 6.04. The van der Waals surface area contributed by atoms with Crippen LogP contribution in [0.4, 0.5) is 0 Å². The van der Waals surface area contributed by atoms with Gasteiger partial charge >= 0.3 is 15.2 Å². The summed E-state index contributed by atoms with van der Waals surface area (Å²) in [5.74, 6) is 0. The molecule has 49 heavy (non-hydrogen) atoms. The van der Waals surface area contributed by atoms with Crippen molar-refractivity contribution in [3.05, 3.63) is 181 Å². The minimum absolute atomic E-state index is 0.430. The molecule has 6 aromatic rings. The largest absolute Gasteiger partial charge is 0.344 e. The fourth-order valence-electron chi connectivity index (χ4n) is 6.03. The van der Waals surface area contributed by atoms with E-state index in [9.17, 15) is 28.7 Å². The van der Waals surface area contributed by atoms with E-state index in [0.29, 0.717) is 11.1 Å². The Labute approximate surface area is 289 Å². The van der Waals surface area contributed by atoms with Crippen LogP contribution in [0.1, 0.15) is 11.1 Å². The van der Waals surface area contributed by atoms with E-state index in [-0.39, 0.29) is 0 Å². The fourth-order valence-corrected chi connectivity index (χ4v) is 13.5.